The van der Waals surface area contributed by atoms with Crippen molar-refractivity contribution < 1.29 is 13.2 Å². The van der Waals surface area contributed by atoms with E-state index in [1.807, 2.05) is 38.7 Å². The first-order valence-corrected chi connectivity index (χ1v) is 10.3. The molecule has 1 aliphatic rings. The Bertz CT molecular complexity index is 710. The van der Waals surface area contributed by atoms with E-state index in [2.05, 4.69) is 5.32 Å². The van der Waals surface area contributed by atoms with E-state index < -0.39 is 10.0 Å². The zero-order valence-electron chi connectivity index (χ0n) is 15.6. The Balaban J connectivity index is 2.01. The fourth-order valence-electron chi connectivity index (χ4n) is 2.92. The lowest BCUT2D eigenvalue weighted by Crippen LogP contribution is -2.54. The van der Waals surface area contributed by atoms with E-state index in [0.29, 0.717) is 37.6 Å². The van der Waals surface area contributed by atoms with Gasteiger partial charge in [-0.3, -0.25) is 9.69 Å². The number of carbonyl (C=O) groups is 1. The van der Waals surface area contributed by atoms with Gasteiger partial charge in [0.05, 0.1) is 10.9 Å². The zero-order valence-corrected chi connectivity index (χ0v) is 16.4. The third-order valence-corrected chi connectivity index (χ3v) is 6.76. The molecule has 0 bridgehead atoms. The van der Waals surface area contributed by atoms with Gasteiger partial charge in [-0.1, -0.05) is 13.0 Å². The molecule has 7 heteroatoms. The van der Waals surface area contributed by atoms with Crippen LogP contribution in [0.2, 0.25) is 0 Å². The molecular weight excluding hydrogens is 338 g/mol. The second-order valence-corrected chi connectivity index (χ2v) is 8.59. The van der Waals surface area contributed by atoms with Gasteiger partial charge in [0, 0.05) is 32.7 Å². The lowest BCUT2D eigenvalue weighted by molar-refractivity contribution is -0.126. The zero-order chi connectivity index (χ0) is 18.6. The normalized spacial score (nSPS) is 18.1. The van der Waals surface area contributed by atoms with Gasteiger partial charge >= 0.3 is 0 Å². The van der Waals surface area contributed by atoms with E-state index in [1.54, 1.807) is 12.1 Å². The topological polar surface area (TPSA) is 69.7 Å². The van der Waals surface area contributed by atoms with Gasteiger partial charge in [0.1, 0.15) is 0 Å². The van der Waals surface area contributed by atoms with Gasteiger partial charge in [-0.15, -0.1) is 0 Å². The standard InChI is InChI=1S/C18H29N3O3S/c1-5-8-19-18(22)16(4)20-9-11-21(12-10-20)25(23,24)17-7-6-14(2)15(3)13-17/h6-7,13,16H,5,8-12H2,1-4H3,(H,19,22)/t16-/m1/s1. The molecule has 2 rings (SSSR count). The summed E-state index contributed by atoms with van der Waals surface area (Å²) < 4.78 is 27.2. The fourth-order valence-corrected chi connectivity index (χ4v) is 4.42. The van der Waals surface area contributed by atoms with E-state index in [-0.39, 0.29) is 11.9 Å². The highest BCUT2D eigenvalue weighted by Gasteiger charge is 2.31. The highest BCUT2D eigenvalue weighted by Crippen LogP contribution is 2.21. The van der Waals surface area contributed by atoms with Crippen molar-refractivity contribution in [1.82, 2.24) is 14.5 Å². The van der Waals surface area contributed by atoms with Crippen LogP contribution in [0.4, 0.5) is 0 Å². The van der Waals surface area contributed by atoms with Crippen molar-refractivity contribution in [3.05, 3.63) is 29.3 Å². The molecule has 1 aromatic carbocycles. The van der Waals surface area contributed by atoms with Gasteiger partial charge in [-0.25, -0.2) is 8.42 Å². The average Bonchev–Trinajstić information content (AvgIpc) is 2.61. The third-order valence-electron chi connectivity index (χ3n) is 4.87. The van der Waals surface area contributed by atoms with E-state index in [9.17, 15) is 13.2 Å². The quantitative estimate of drug-likeness (QED) is 0.828. The SMILES string of the molecule is CCCNC(=O)[C@@H](C)N1CCN(S(=O)(=O)c2ccc(C)c(C)c2)CC1. The summed E-state index contributed by atoms with van der Waals surface area (Å²) in [5, 5.41) is 2.90. The summed E-state index contributed by atoms with van der Waals surface area (Å²) in [7, 11) is -3.48. The maximum atomic E-state index is 12.8. The summed E-state index contributed by atoms with van der Waals surface area (Å²) in [6.45, 7) is 10.4. The van der Waals surface area contributed by atoms with E-state index in [0.717, 1.165) is 17.5 Å². The fraction of sp³-hybridized carbons (Fsp3) is 0.611. The van der Waals surface area contributed by atoms with Crippen LogP contribution in [-0.4, -0.2) is 62.3 Å². The Hall–Kier alpha value is -1.44. The van der Waals surface area contributed by atoms with Crippen LogP contribution in [0.25, 0.3) is 0 Å². The number of rotatable bonds is 6. The number of aryl methyl sites for hydroxylation is 2. The molecule has 0 unspecified atom stereocenters. The second kappa shape index (κ2) is 8.29. The van der Waals surface area contributed by atoms with Crippen molar-refractivity contribution in [1.29, 1.82) is 0 Å². The molecule has 0 saturated carbocycles. The molecule has 0 aliphatic carbocycles. The Kier molecular flexibility index (Phi) is 6.59. The smallest absolute Gasteiger partial charge is 0.243 e. The minimum absolute atomic E-state index is 0.00677. The van der Waals surface area contributed by atoms with Crippen LogP contribution in [0.1, 0.15) is 31.4 Å². The highest BCUT2D eigenvalue weighted by atomic mass is 32.2. The number of carbonyl (C=O) groups excluding carboxylic acids is 1. The Labute approximate surface area is 151 Å². The molecule has 25 heavy (non-hydrogen) atoms. The molecule has 1 N–H and O–H groups in total. The average molecular weight is 368 g/mol. The summed E-state index contributed by atoms with van der Waals surface area (Å²) >= 11 is 0. The monoisotopic (exact) mass is 367 g/mol. The Morgan fingerprint density at radius 2 is 1.80 bits per heavy atom. The van der Waals surface area contributed by atoms with Crippen LogP contribution in [-0.2, 0) is 14.8 Å². The van der Waals surface area contributed by atoms with Crippen molar-refractivity contribution >= 4 is 15.9 Å². The minimum Gasteiger partial charge on any atom is -0.355 e. The summed E-state index contributed by atoms with van der Waals surface area (Å²) in [5.41, 5.74) is 2.05. The van der Waals surface area contributed by atoms with Gasteiger partial charge in [0.2, 0.25) is 15.9 Å². The minimum atomic E-state index is -3.48. The van der Waals surface area contributed by atoms with Crippen molar-refractivity contribution in [2.24, 2.45) is 0 Å². The molecule has 1 saturated heterocycles. The summed E-state index contributed by atoms with van der Waals surface area (Å²) in [5.74, 6) is 0.00677. The molecule has 1 amide bonds. The maximum absolute atomic E-state index is 12.8. The first-order valence-electron chi connectivity index (χ1n) is 8.86. The van der Waals surface area contributed by atoms with Gasteiger partial charge in [0.15, 0.2) is 0 Å². The number of benzene rings is 1. The summed E-state index contributed by atoms with van der Waals surface area (Å²) in [6.07, 6.45) is 0.903. The molecule has 1 fully saturated rings. The highest BCUT2D eigenvalue weighted by molar-refractivity contribution is 7.89. The van der Waals surface area contributed by atoms with Crippen LogP contribution in [0.5, 0.6) is 0 Å². The largest absolute Gasteiger partial charge is 0.355 e. The molecule has 1 atom stereocenters. The van der Waals surface area contributed by atoms with Crippen LogP contribution in [0.3, 0.4) is 0 Å². The molecule has 6 nitrogen and oxygen atoms in total. The molecule has 1 heterocycles. The van der Waals surface area contributed by atoms with Gasteiger partial charge in [0.25, 0.3) is 0 Å². The van der Waals surface area contributed by atoms with Crippen LogP contribution in [0.15, 0.2) is 23.1 Å². The maximum Gasteiger partial charge on any atom is 0.243 e. The molecule has 1 aromatic rings. The third kappa shape index (κ3) is 4.59. The van der Waals surface area contributed by atoms with E-state index in [4.69, 9.17) is 0 Å². The van der Waals surface area contributed by atoms with Crippen LogP contribution < -0.4 is 5.32 Å². The number of nitrogens with one attached hydrogen (secondary N) is 1. The number of hydrogen-bond acceptors (Lipinski definition) is 4. The lowest BCUT2D eigenvalue weighted by Gasteiger charge is -2.36. The number of amides is 1. The molecule has 0 radical (unpaired) electrons. The first kappa shape index (κ1) is 19.9. The molecule has 0 spiro atoms. The number of sulfonamides is 1. The molecule has 1 aliphatic heterocycles. The van der Waals surface area contributed by atoms with Gasteiger partial charge < -0.3 is 5.32 Å². The summed E-state index contributed by atoms with van der Waals surface area (Å²) in [4.78, 5) is 14.5. The van der Waals surface area contributed by atoms with Crippen molar-refractivity contribution in [2.75, 3.05) is 32.7 Å². The molecule has 140 valence electrons. The summed E-state index contributed by atoms with van der Waals surface area (Å²) in [6, 6.07) is 5.01. The van der Waals surface area contributed by atoms with Gasteiger partial charge in [-0.05, 0) is 50.5 Å². The van der Waals surface area contributed by atoms with E-state index >= 15 is 0 Å². The second-order valence-electron chi connectivity index (χ2n) is 6.65. The molecular formula is C18H29N3O3S. The Morgan fingerprint density at radius 1 is 1.16 bits per heavy atom. The number of nitrogens with zero attached hydrogens (tertiary/aromatic N) is 2. The van der Waals surface area contributed by atoms with Gasteiger partial charge in [-0.2, -0.15) is 4.31 Å². The van der Waals surface area contributed by atoms with Crippen LogP contribution >= 0.6 is 0 Å². The van der Waals surface area contributed by atoms with E-state index in [1.165, 1.54) is 4.31 Å². The first-order chi connectivity index (χ1) is 11.8. The predicted molar refractivity (Wildman–Crippen MR) is 99.0 cm³/mol. The van der Waals surface area contributed by atoms with Crippen LogP contribution in [0, 0.1) is 13.8 Å². The Morgan fingerprint density at radius 3 is 2.36 bits per heavy atom. The van der Waals surface area contributed by atoms with Crippen molar-refractivity contribution in [3.8, 4) is 0 Å². The lowest BCUT2D eigenvalue weighted by atomic mass is 10.1. The van der Waals surface area contributed by atoms with Crippen molar-refractivity contribution in [2.45, 2.75) is 45.1 Å². The molecule has 0 aromatic heterocycles. The van der Waals surface area contributed by atoms with Crippen molar-refractivity contribution in [3.63, 3.8) is 0 Å². The number of hydrogen-bond donors (Lipinski definition) is 1. The predicted octanol–water partition coefficient (Wildman–Crippen LogP) is 1.52. The number of piperazine rings is 1.